The van der Waals surface area contributed by atoms with Gasteiger partial charge in [-0.1, -0.05) is 0 Å². The zero-order valence-corrected chi connectivity index (χ0v) is 21.0. The fourth-order valence-corrected chi connectivity index (χ4v) is 10.4. The van der Waals surface area contributed by atoms with Crippen LogP contribution in [0.15, 0.2) is 127 Å². The van der Waals surface area contributed by atoms with Crippen molar-refractivity contribution >= 4 is 55.6 Å². The molecule has 0 unspecified atom stereocenters. The first-order valence-corrected chi connectivity index (χ1v) is 13.5. The first-order chi connectivity index (χ1) is 15.6. The van der Waals surface area contributed by atoms with E-state index >= 15 is 0 Å². The molecule has 0 N–H and O–H groups in total. The first kappa shape index (κ1) is 22.9. The second-order valence-electron chi connectivity index (χ2n) is 8.43. The van der Waals surface area contributed by atoms with E-state index < -0.39 is 6.60 Å². The predicted octanol–water partition coefficient (Wildman–Crippen LogP) is 6.07. The Morgan fingerprint density at radius 2 is 0.970 bits per heavy atom. The Morgan fingerprint density at radius 3 is 1.42 bits per heavy atom. The van der Waals surface area contributed by atoms with Gasteiger partial charge in [0.1, 0.15) is 0 Å². The van der Waals surface area contributed by atoms with Crippen molar-refractivity contribution in [2.45, 2.75) is 0 Å². The molecule has 162 valence electrons. The summed E-state index contributed by atoms with van der Waals surface area (Å²) in [5.74, 6) is 0. The van der Waals surface area contributed by atoms with Crippen LogP contribution in [0.3, 0.4) is 0 Å². The summed E-state index contributed by atoms with van der Waals surface area (Å²) < 4.78 is 0. The van der Waals surface area contributed by atoms with Crippen molar-refractivity contribution in [2.24, 2.45) is 0 Å². The van der Waals surface area contributed by atoms with Gasteiger partial charge in [0.25, 0.3) is 0 Å². The minimum atomic E-state index is -3.05. The second kappa shape index (κ2) is 8.95. The van der Waals surface area contributed by atoms with Crippen LogP contribution in [0.5, 0.6) is 0 Å². The van der Waals surface area contributed by atoms with Crippen LogP contribution in [0.2, 0.25) is 0 Å². The van der Waals surface area contributed by atoms with Gasteiger partial charge in [-0.2, -0.15) is 0 Å². The summed E-state index contributed by atoms with van der Waals surface area (Å²) in [7, 11) is 0. The molecule has 0 radical (unpaired) electrons. The van der Waals surface area contributed by atoms with Gasteiger partial charge in [-0.05, 0) is 0 Å². The van der Waals surface area contributed by atoms with E-state index in [1.165, 1.54) is 21.2 Å². The molecule has 0 aliphatic carbocycles. The molecule has 0 atom stereocenters. The second-order valence-corrected chi connectivity index (χ2v) is 13.6. The fraction of sp³-hybridized carbons (Fsp3) is 0.0333. The van der Waals surface area contributed by atoms with Gasteiger partial charge in [0, 0.05) is 0 Å². The van der Waals surface area contributed by atoms with Gasteiger partial charge in [-0.3, -0.25) is 0 Å². The molecule has 0 fully saturated rings. The molecule has 0 heterocycles. The molecule has 0 spiro atoms. The van der Waals surface area contributed by atoms with E-state index in [-0.39, 0.29) is 17.0 Å². The topological polar surface area (TPSA) is 23.8 Å². The third-order valence-corrected chi connectivity index (χ3v) is 13.1. The van der Waals surface area contributed by atoms with E-state index in [1.54, 1.807) is 0 Å². The van der Waals surface area contributed by atoms with Gasteiger partial charge in [-0.15, -0.1) is 17.0 Å². The molecule has 5 aromatic carbocycles. The number of nitrogens with zero attached hydrogens (tertiary/aromatic N) is 1. The van der Waals surface area contributed by atoms with Crippen LogP contribution < -0.4 is 21.2 Å². The van der Waals surface area contributed by atoms with E-state index in [0.29, 0.717) is 5.56 Å². The Kier molecular flexibility index (Phi) is 6.22. The van der Waals surface area contributed by atoms with Crippen LogP contribution in [0, 0.1) is 11.3 Å². The molecule has 0 aliphatic heterocycles. The molecule has 5 rings (SSSR count). The Labute approximate surface area is 206 Å². The Morgan fingerprint density at radius 1 is 0.515 bits per heavy atom. The maximum atomic E-state index is 9.47. The fourth-order valence-electron chi connectivity index (χ4n) is 4.95. The van der Waals surface area contributed by atoms with E-state index in [4.69, 9.17) is 0 Å². The molecule has 0 saturated heterocycles. The van der Waals surface area contributed by atoms with Gasteiger partial charge >= 0.3 is 190 Å². The number of fused-ring (bicyclic) bond motifs is 1. The van der Waals surface area contributed by atoms with Crippen LogP contribution in [0.1, 0.15) is 5.56 Å². The van der Waals surface area contributed by atoms with Crippen LogP contribution in [0.4, 0.5) is 0 Å². The Bertz CT molecular complexity index is 1340. The van der Waals surface area contributed by atoms with E-state index in [0.717, 1.165) is 10.8 Å². The molecule has 0 amide bonds. The van der Waals surface area contributed by atoms with E-state index in [9.17, 15) is 5.26 Å². The number of hydrogen-bond acceptors (Lipinski definition) is 1. The summed E-state index contributed by atoms with van der Waals surface area (Å²) in [6.45, 7) is -0.592. The predicted molar refractivity (Wildman–Crippen MR) is 150 cm³/mol. The monoisotopic (exact) mass is 509 g/mol. The van der Waals surface area contributed by atoms with E-state index in [2.05, 4.69) is 122 Å². The number of hydrogen-bond donors (Lipinski definition) is 0. The molecular formula is C30H25BrNP. The standard InChI is InChI=1S/C30H24NP.BrH/c1-32(27-11-5-2-6-12-27,28-13-7-3-8-14-28,29-15-9-4-10-16-29)30-20-19-25-18-17-24(23-31)21-26(25)22-30;/h2-22H,1H3;1H. The van der Waals surface area contributed by atoms with Crippen LogP contribution in [-0.2, 0) is 0 Å². The first-order valence-electron chi connectivity index (χ1n) is 10.8. The maximum absolute atomic E-state index is 9.47. The molecule has 33 heavy (non-hydrogen) atoms. The number of benzene rings is 5. The van der Waals surface area contributed by atoms with Crippen molar-refractivity contribution in [3.05, 3.63) is 133 Å². The third-order valence-electron chi connectivity index (χ3n) is 6.80. The van der Waals surface area contributed by atoms with Crippen molar-refractivity contribution in [1.29, 1.82) is 5.26 Å². The molecule has 5 aromatic rings. The average molecular weight is 510 g/mol. The molecule has 0 saturated carbocycles. The van der Waals surface area contributed by atoms with Crippen molar-refractivity contribution in [3.8, 4) is 6.07 Å². The normalized spacial score (nSPS) is 12.2. The van der Waals surface area contributed by atoms with Crippen molar-refractivity contribution in [1.82, 2.24) is 0 Å². The number of rotatable bonds is 4. The molecule has 0 aromatic heterocycles. The molecule has 0 bridgehead atoms. The van der Waals surface area contributed by atoms with Crippen LogP contribution in [0.25, 0.3) is 10.8 Å². The molecule has 1 nitrogen and oxygen atoms in total. The zero-order valence-electron chi connectivity index (χ0n) is 18.4. The number of nitriles is 1. The van der Waals surface area contributed by atoms with Gasteiger partial charge in [0.2, 0.25) is 0 Å². The summed E-state index contributed by atoms with van der Waals surface area (Å²) in [6, 6.07) is 47.7. The van der Waals surface area contributed by atoms with Gasteiger partial charge in [0.05, 0.1) is 0 Å². The third kappa shape index (κ3) is 3.50. The summed E-state index contributed by atoms with van der Waals surface area (Å²) in [5.41, 5.74) is 0.685. The Balaban J connectivity index is 0.00000259. The summed E-state index contributed by atoms with van der Waals surface area (Å²) in [6.07, 6.45) is 0. The summed E-state index contributed by atoms with van der Waals surface area (Å²) >= 11 is 0. The minimum absolute atomic E-state index is 0. The summed E-state index contributed by atoms with van der Waals surface area (Å²) in [4.78, 5) is 0. The molecule has 0 aliphatic rings. The Hall–Kier alpha value is -3.24. The van der Waals surface area contributed by atoms with Crippen molar-refractivity contribution in [3.63, 3.8) is 0 Å². The number of halogens is 1. The van der Waals surface area contributed by atoms with Crippen LogP contribution in [-0.4, -0.2) is 6.66 Å². The average Bonchev–Trinajstić information content (AvgIpc) is 2.89. The van der Waals surface area contributed by atoms with Gasteiger partial charge in [0.15, 0.2) is 0 Å². The van der Waals surface area contributed by atoms with Gasteiger partial charge < -0.3 is 0 Å². The van der Waals surface area contributed by atoms with Gasteiger partial charge in [-0.25, -0.2) is 0 Å². The van der Waals surface area contributed by atoms with Crippen molar-refractivity contribution < 1.29 is 0 Å². The molecular weight excluding hydrogens is 485 g/mol. The SMILES string of the molecule is Br.CP(c1ccccc1)(c1ccccc1)(c1ccccc1)c1ccc2ccc(C#N)cc2c1. The van der Waals surface area contributed by atoms with Crippen molar-refractivity contribution in [2.75, 3.05) is 6.66 Å². The molecule has 3 heteroatoms. The summed E-state index contributed by atoms with van der Waals surface area (Å²) in [5, 5.41) is 17.0. The van der Waals surface area contributed by atoms with E-state index in [1.807, 2.05) is 18.2 Å². The zero-order chi connectivity index (χ0) is 22.0. The quantitative estimate of drug-likeness (QED) is 0.269. The van der Waals surface area contributed by atoms with Crippen LogP contribution >= 0.6 is 23.6 Å².